The van der Waals surface area contributed by atoms with E-state index in [-0.39, 0.29) is 11.8 Å². The fraction of sp³-hybridized carbons (Fsp3) is 0.500. The van der Waals surface area contributed by atoms with Crippen LogP contribution in [0.25, 0.3) is 0 Å². The topological polar surface area (TPSA) is 72.1 Å². The van der Waals surface area contributed by atoms with E-state index < -0.39 is 0 Å². The standard InChI is InChI=1S/C16H20N4O2/c1-12-18-16(22-19-12)14-6-9-20(10-7-14)15(21)5-4-13-3-2-8-17-11-13/h2-3,8,11,14H,4-7,9-10H2,1H3. The molecular formula is C16H20N4O2. The number of aryl methyl sites for hydroxylation is 2. The smallest absolute Gasteiger partial charge is 0.229 e. The van der Waals surface area contributed by atoms with Gasteiger partial charge in [-0.25, -0.2) is 0 Å². The molecular weight excluding hydrogens is 280 g/mol. The molecule has 6 heteroatoms. The largest absolute Gasteiger partial charge is 0.343 e. The van der Waals surface area contributed by atoms with Crippen LogP contribution in [-0.4, -0.2) is 39.0 Å². The Morgan fingerprint density at radius 2 is 2.23 bits per heavy atom. The second-order valence-corrected chi connectivity index (χ2v) is 5.70. The molecule has 0 N–H and O–H groups in total. The van der Waals surface area contributed by atoms with E-state index in [1.807, 2.05) is 30.2 Å². The summed E-state index contributed by atoms with van der Waals surface area (Å²) >= 11 is 0. The van der Waals surface area contributed by atoms with Gasteiger partial charge in [-0.3, -0.25) is 9.78 Å². The van der Waals surface area contributed by atoms with E-state index in [2.05, 4.69) is 15.1 Å². The molecule has 2 aromatic rings. The zero-order valence-corrected chi connectivity index (χ0v) is 12.7. The highest BCUT2D eigenvalue weighted by molar-refractivity contribution is 5.76. The first kappa shape index (κ1) is 14.7. The molecule has 1 fully saturated rings. The van der Waals surface area contributed by atoms with E-state index >= 15 is 0 Å². The number of pyridine rings is 1. The first-order valence-corrected chi connectivity index (χ1v) is 7.69. The lowest BCUT2D eigenvalue weighted by Gasteiger charge is -2.30. The van der Waals surface area contributed by atoms with Gasteiger partial charge < -0.3 is 9.42 Å². The summed E-state index contributed by atoms with van der Waals surface area (Å²) in [7, 11) is 0. The summed E-state index contributed by atoms with van der Waals surface area (Å²) in [6, 6.07) is 3.90. The first-order valence-electron chi connectivity index (χ1n) is 7.69. The number of carbonyl (C=O) groups excluding carboxylic acids is 1. The minimum atomic E-state index is 0.212. The molecule has 3 rings (SSSR count). The third-order valence-corrected chi connectivity index (χ3v) is 4.09. The molecule has 2 aromatic heterocycles. The lowest BCUT2D eigenvalue weighted by Crippen LogP contribution is -2.38. The van der Waals surface area contributed by atoms with Crippen molar-refractivity contribution in [3.05, 3.63) is 41.8 Å². The van der Waals surface area contributed by atoms with Crippen LogP contribution in [0.3, 0.4) is 0 Å². The Labute approximate surface area is 129 Å². The van der Waals surface area contributed by atoms with E-state index in [0.717, 1.165) is 37.9 Å². The second kappa shape index (κ2) is 6.68. The molecule has 0 saturated carbocycles. The SMILES string of the molecule is Cc1noc(C2CCN(C(=O)CCc3cccnc3)CC2)n1. The minimum absolute atomic E-state index is 0.212. The minimum Gasteiger partial charge on any atom is -0.343 e. The summed E-state index contributed by atoms with van der Waals surface area (Å²) < 4.78 is 5.23. The van der Waals surface area contributed by atoms with E-state index in [4.69, 9.17) is 4.52 Å². The molecule has 0 radical (unpaired) electrons. The van der Waals surface area contributed by atoms with Gasteiger partial charge in [-0.15, -0.1) is 0 Å². The second-order valence-electron chi connectivity index (χ2n) is 5.70. The van der Waals surface area contributed by atoms with Gasteiger partial charge in [0.05, 0.1) is 0 Å². The van der Waals surface area contributed by atoms with Crippen molar-refractivity contribution in [3.63, 3.8) is 0 Å². The van der Waals surface area contributed by atoms with Crippen molar-refractivity contribution < 1.29 is 9.32 Å². The highest BCUT2D eigenvalue weighted by Gasteiger charge is 2.26. The van der Waals surface area contributed by atoms with Crippen LogP contribution in [0.1, 0.15) is 42.5 Å². The molecule has 116 valence electrons. The molecule has 0 atom stereocenters. The number of rotatable bonds is 4. The van der Waals surface area contributed by atoms with Gasteiger partial charge in [0.2, 0.25) is 11.8 Å². The van der Waals surface area contributed by atoms with Crippen LogP contribution in [-0.2, 0) is 11.2 Å². The molecule has 0 unspecified atom stereocenters. The summed E-state index contributed by atoms with van der Waals surface area (Å²) in [5.41, 5.74) is 1.10. The lowest BCUT2D eigenvalue weighted by molar-refractivity contribution is -0.132. The quantitative estimate of drug-likeness (QED) is 0.864. The van der Waals surface area contributed by atoms with Crippen molar-refractivity contribution in [2.45, 2.75) is 38.5 Å². The molecule has 0 spiro atoms. The Hall–Kier alpha value is -2.24. The molecule has 6 nitrogen and oxygen atoms in total. The molecule has 22 heavy (non-hydrogen) atoms. The molecule has 1 aliphatic heterocycles. The van der Waals surface area contributed by atoms with Crippen LogP contribution < -0.4 is 0 Å². The molecule has 3 heterocycles. The fourth-order valence-electron chi connectivity index (χ4n) is 2.81. The highest BCUT2D eigenvalue weighted by atomic mass is 16.5. The van der Waals surface area contributed by atoms with Gasteiger partial charge in [0.15, 0.2) is 5.82 Å². The summed E-state index contributed by atoms with van der Waals surface area (Å²) in [4.78, 5) is 22.6. The summed E-state index contributed by atoms with van der Waals surface area (Å²) in [5.74, 6) is 1.87. The van der Waals surface area contributed by atoms with Crippen LogP contribution in [0.5, 0.6) is 0 Å². The van der Waals surface area contributed by atoms with Crippen LogP contribution in [0.15, 0.2) is 29.0 Å². The zero-order chi connectivity index (χ0) is 15.4. The number of hydrogen-bond acceptors (Lipinski definition) is 5. The Morgan fingerprint density at radius 1 is 1.41 bits per heavy atom. The van der Waals surface area contributed by atoms with E-state index in [1.54, 1.807) is 6.20 Å². The maximum absolute atomic E-state index is 12.3. The third kappa shape index (κ3) is 3.50. The monoisotopic (exact) mass is 300 g/mol. The Kier molecular flexibility index (Phi) is 4.46. The Bertz CT molecular complexity index is 618. The van der Waals surface area contributed by atoms with Gasteiger partial charge in [-0.2, -0.15) is 4.98 Å². The molecule has 1 amide bonds. The maximum Gasteiger partial charge on any atom is 0.229 e. The van der Waals surface area contributed by atoms with Gasteiger partial charge in [0.25, 0.3) is 0 Å². The van der Waals surface area contributed by atoms with Gasteiger partial charge >= 0.3 is 0 Å². The van der Waals surface area contributed by atoms with Gasteiger partial charge in [-0.05, 0) is 37.8 Å². The number of likely N-dealkylation sites (tertiary alicyclic amines) is 1. The molecule has 0 aliphatic carbocycles. The number of amides is 1. The molecule has 1 aliphatic rings. The van der Waals surface area contributed by atoms with Crippen molar-refractivity contribution >= 4 is 5.91 Å². The van der Waals surface area contributed by atoms with Crippen LogP contribution in [0, 0.1) is 6.92 Å². The van der Waals surface area contributed by atoms with Crippen molar-refractivity contribution in [1.82, 2.24) is 20.0 Å². The Morgan fingerprint density at radius 3 is 2.86 bits per heavy atom. The number of hydrogen-bond donors (Lipinski definition) is 0. The molecule has 0 bridgehead atoms. The van der Waals surface area contributed by atoms with E-state index in [0.29, 0.717) is 18.1 Å². The number of carbonyl (C=O) groups is 1. The fourth-order valence-corrected chi connectivity index (χ4v) is 2.81. The first-order chi connectivity index (χ1) is 10.7. The number of aromatic nitrogens is 3. The molecule has 0 aromatic carbocycles. The van der Waals surface area contributed by atoms with Crippen LogP contribution in [0.4, 0.5) is 0 Å². The Balaban J connectivity index is 1.47. The zero-order valence-electron chi connectivity index (χ0n) is 12.7. The summed E-state index contributed by atoms with van der Waals surface area (Å²) in [6.45, 7) is 3.35. The van der Waals surface area contributed by atoms with E-state index in [1.165, 1.54) is 0 Å². The van der Waals surface area contributed by atoms with E-state index in [9.17, 15) is 4.79 Å². The average molecular weight is 300 g/mol. The van der Waals surface area contributed by atoms with Crippen molar-refractivity contribution in [1.29, 1.82) is 0 Å². The average Bonchev–Trinajstić information content (AvgIpc) is 3.00. The summed E-state index contributed by atoms with van der Waals surface area (Å²) in [6.07, 6.45) is 6.62. The molecule has 1 saturated heterocycles. The number of piperidine rings is 1. The predicted molar refractivity (Wildman–Crippen MR) is 80.1 cm³/mol. The van der Waals surface area contributed by atoms with Crippen molar-refractivity contribution in [3.8, 4) is 0 Å². The van der Waals surface area contributed by atoms with Gasteiger partial charge in [0, 0.05) is 37.8 Å². The van der Waals surface area contributed by atoms with Gasteiger partial charge in [-0.1, -0.05) is 11.2 Å². The maximum atomic E-state index is 12.3. The normalized spacial score (nSPS) is 16.0. The summed E-state index contributed by atoms with van der Waals surface area (Å²) in [5, 5.41) is 3.84. The number of nitrogens with zero attached hydrogens (tertiary/aromatic N) is 4. The van der Waals surface area contributed by atoms with Crippen molar-refractivity contribution in [2.24, 2.45) is 0 Å². The van der Waals surface area contributed by atoms with Crippen LogP contribution >= 0.6 is 0 Å². The van der Waals surface area contributed by atoms with Crippen LogP contribution in [0.2, 0.25) is 0 Å². The van der Waals surface area contributed by atoms with Gasteiger partial charge in [0.1, 0.15) is 0 Å². The predicted octanol–water partition coefficient (Wildman–Crippen LogP) is 2.11. The van der Waals surface area contributed by atoms with Crippen molar-refractivity contribution in [2.75, 3.05) is 13.1 Å². The highest BCUT2D eigenvalue weighted by Crippen LogP contribution is 2.27. The lowest BCUT2D eigenvalue weighted by atomic mass is 9.96. The third-order valence-electron chi connectivity index (χ3n) is 4.09.